The van der Waals surface area contributed by atoms with Gasteiger partial charge in [-0.05, 0) is 12.0 Å². The zero-order valence-corrected chi connectivity index (χ0v) is 11.7. The highest BCUT2D eigenvalue weighted by Gasteiger charge is 2.44. The number of para-hydroxylation sites is 1. The van der Waals surface area contributed by atoms with E-state index in [1.807, 2.05) is 24.3 Å². The molecule has 1 aromatic rings. The Morgan fingerprint density at radius 1 is 1.38 bits per heavy atom. The Hall–Kier alpha value is -1.85. The average molecular weight is 295 g/mol. The summed E-state index contributed by atoms with van der Waals surface area (Å²) >= 11 is 0. The summed E-state index contributed by atoms with van der Waals surface area (Å²) in [6.45, 7) is 0.982. The van der Waals surface area contributed by atoms with Crippen LogP contribution in [0.25, 0.3) is 0 Å². The molecule has 21 heavy (non-hydrogen) atoms. The SMILES string of the molecule is NC(=NCC1CC(F)(F)C1)NC1CCOc2ccccc21. The number of fused-ring (bicyclic) bond motifs is 1. The van der Waals surface area contributed by atoms with Crippen LogP contribution in [0.2, 0.25) is 0 Å². The molecule has 0 aromatic heterocycles. The standard InChI is InChI=1S/C15H19F2N3O/c16-15(17)7-10(8-15)9-19-14(18)20-12-5-6-21-13-4-2-1-3-11(12)13/h1-4,10,12H,5-9H2,(H3,18,19,20). The van der Waals surface area contributed by atoms with Gasteiger partial charge in [-0.25, -0.2) is 8.78 Å². The van der Waals surface area contributed by atoms with Crippen LogP contribution in [0.5, 0.6) is 5.75 Å². The van der Waals surface area contributed by atoms with Crippen LogP contribution < -0.4 is 15.8 Å². The fourth-order valence-corrected chi connectivity index (χ4v) is 2.86. The molecule has 1 aliphatic carbocycles. The smallest absolute Gasteiger partial charge is 0.248 e. The molecule has 0 radical (unpaired) electrons. The van der Waals surface area contributed by atoms with Crippen molar-refractivity contribution in [2.45, 2.75) is 31.2 Å². The Kier molecular flexibility index (Phi) is 3.69. The molecule has 0 bridgehead atoms. The van der Waals surface area contributed by atoms with Crippen molar-refractivity contribution in [1.29, 1.82) is 0 Å². The number of rotatable bonds is 3. The summed E-state index contributed by atoms with van der Waals surface area (Å²) in [6, 6.07) is 7.85. The van der Waals surface area contributed by atoms with Gasteiger partial charge in [0.25, 0.3) is 0 Å². The lowest BCUT2D eigenvalue weighted by Crippen LogP contribution is -2.40. The number of hydrogen-bond acceptors (Lipinski definition) is 2. The monoisotopic (exact) mass is 295 g/mol. The molecule has 1 atom stereocenters. The molecule has 1 heterocycles. The minimum absolute atomic E-state index is 0.0534. The second-order valence-electron chi connectivity index (χ2n) is 5.73. The molecule has 1 aromatic carbocycles. The fraction of sp³-hybridized carbons (Fsp3) is 0.533. The van der Waals surface area contributed by atoms with E-state index in [1.165, 1.54) is 0 Å². The highest BCUT2D eigenvalue weighted by molar-refractivity contribution is 5.78. The summed E-state index contributed by atoms with van der Waals surface area (Å²) in [4.78, 5) is 4.19. The second kappa shape index (κ2) is 5.50. The van der Waals surface area contributed by atoms with Gasteiger partial charge in [0.05, 0.1) is 12.6 Å². The van der Waals surface area contributed by atoms with Crippen molar-refractivity contribution < 1.29 is 13.5 Å². The Morgan fingerprint density at radius 2 is 2.14 bits per heavy atom. The number of benzene rings is 1. The molecule has 6 heteroatoms. The van der Waals surface area contributed by atoms with Gasteiger partial charge in [0, 0.05) is 31.4 Å². The van der Waals surface area contributed by atoms with Gasteiger partial charge in [-0.3, -0.25) is 4.99 Å². The lowest BCUT2D eigenvalue weighted by molar-refractivity contribution is -0.107. The number of nitrogens with one attached hydrogen (secondary N) is 1. The van der Waals surface area contributed by atoms with Crippen molar-refractivity contribution in [2.24, 2.45) is 16.6 Å². The van der Waals surface area contributed by atoms with E-state index in [4.69, 9.17) is 10.5 Å². The van der Waals surface area contributed by atoms with Crippen LogP contribution in [0.4, 0.5) is 8.78 Å². The lowest BCUT2D eigenvalue weighted by Gasteiger charge is -2.34. The number of ether oxygens (including phenoxy) is 1. The maximum Gasteiger partial charge on any atom is 0.248 e. The predicted octanol–water partition coefficient (Wildman–Crippen LogP) is 2.46. The average Bonchev–Trinajstić information content (AvgIpc) is 2.43. The lowest BCUT2D eigenvalue weighted by atomic mass is 9.81. The molecule has 1 fully saturated rings. The Labute approximate surface area is 122 Å². The van der Waals surface area contributed by atoms with Crippen LogP contribution in [-0.4, -0.2) is 25.0 Å². The summed E-state index contributed by atoms with van der Waals surface area (Å²) in [7, 11) is 0. The minimum Gasteiger partial charge on any atom is -0.493 e. The van der Waals surface area contributed by atoms with Gasteiger partial charge in [-0.1, -0.05) is 18.2 Å². The van der Waals surface area contributed by atoms with Crippen molar-refractivity contribution in [3.8, 4) is 5.75 Å². The van der Waals surface area contributed by atoms with Crippen LogP contribution in [0, 0.1) is 5.92 Å². The van der Waals surface area contributed by atoms with Gasteiger partial charge in [-0.2, -0.15) is 0 Å². The molecule has 0 amide bonds. The molecule has 0 spiro atoms. The predicted molar refractivity (Wildman–Crippen MR) is 76.6 cm³/mol. The molecule has 114 valence electrons. The molecule has 4 nitrogen and oxygen atoms in total. The third-order valence-corrected chi connectivity index (χ3v) is 3.98. The Balaban J connectivity index is 1.57. The normalized spacial score (nSPS) is 24.7. The third-order valence-electron chi connectivity index (χ3n) is 3.98. The zero-order valence-electron chi connectivity index (χ0n) is 11.7. The van der Waals surface area contributed by atoms with Gasteiger partial charge >= 0.3 is 0 Å². The highest BCUT2D eigenvalue weighted by atomic mass is 19.3. The van der Waals surface area contributed by atoms with E-state index >= 15 is 0 Å². The highest BCUT2D eigenvalue weighted by Crippen LogP contribution is 2.42. The molecule has 0 saturated heterocycles. The zero-order chi connectivity index (χ0) is 14.9. The van der Waals surface area contributed by atoms with Crippen molar-refractivity contribution in [3.05, 3.63) is 29.8 Å². The Morgan fingerprint density at radius 3 is 2.90 bits per heavy atom. The second-order valence-corrected chi connectivity index (χ2v) is 5.73. The van der Waals surface area contributed by atoms with Crippen LogP contribution in [0.1, 0.15) is 30.9 Å². The molecule has 3 N–H and O–H groups in total. The summed E-state index contributed by atoms with van der Waals surface area (Å²) in [5, 5.41) is 3.16. The van der Waals surface area contributed by atoms with E-state index in [1.54, 1.807) is 0 Å². The van der Waals surface area contributed by atoms with Crippen LogP contribution in [-0.2, 0) is 0 Å². The molecule has 1 unspecified atom stereocenters. The van der Waals surface area contributed by atoms with Gasteiger partial charge in [0.2, 0.25) is 5.92 Å². The maximum absolute atomic E-state index is 12.7. The van der Waals surface area contributed by atoms with Crippen molar-refractivity contribution in [3.63, 3.8) is 0 Å². The first-order valence-electron chi connectivity index (χ1n) is 7.19. The molecule has 2 aliphatic rings. The number of aliphatic imine (C=N–C) groups is 1. The largest absolute Gasteiger partial charge is 0.493 e. The molecular formula is C15H19F2N3O. The van der Waals surface area contributed by atoms with E-state index < -0.39 is 5.92 Å². The first-order chi connectivity index (χ1) is 10.0. The van der Waals surface area contributed by atoms with Crippen molar-refractivity contribution in [2.75, 3.05) is 13.2 Å². The molecule has 1 saturated carbocycles. The first-order valence-corrected chi connectivity index (χ1v) is 7.19. The number of halogens is 2. The number of alkyl halides is 2. The summed E-state index contributed by atoms with van der Waals surface area (Å²) in [5.41, 5.74) is 6.92. The van der Waals surface area contributed by atoms with Crippen molar-refractivity contribution in [1.82, 2.24) is 5.32 Å². The minimum atomic E-state index is -2.50. The molecule has 3 rings (SSSR count). The van der Waals surface area contributed by atoms with Crippen LogP contribution in [0.15, 0.2) is 29.3 Å². The third kappa shape index (κ3) is 3.25. The number of nitrogens with two attached hydrogens (primary N) is 1. The van der Waals surface area contributed by atoms with E-state index in [0.29, 0.717) is 19.1 Å². The summed E-state index contributed by atoms with van der Waals surface area (Å²) < 4.78 is 31.1. The number of hydrogen-bond donors (Lipinski definition) is 2. The van der Waals surface area contributed by atoms with Gasteiger partial charge in [0.1, 0.15) is 5.75 Å². The van der Waals surface area contributed by atoms with E-state index in [9.17, 15) is 8.78 Å². The first kappa shape index (κ1) is 14.1. The van der Waals surface area contributed by atoms with E-state index in [2.05, 4.69) is 10.3 Å². The van der Waals surface area contributed by atoms with Gasteiger partial charge in [0.15, 0.2) is 5.96 Å². The Bertz CT molecular complexity index is 539. The van der Waals surface area contributed by atoms with Crippen LogP contribution >= 0.6 is 0 Å². The van der Waals surface area contributed by atoms with E-state index in [-0.39, 0.29) is 24.8 Å². The number of guanidine groups is 1. The number of nitrogens with zero attached hydrogens (tertiary/aromatic N) is 1. The fourth-order valence-electron chi connectivity index (χ4n) is 2.86. The van der Waals surface area contributed by atoms with Gasteiger partial charge in [-0.15, -0.1) is 0 Å². The van der Waals surface area contributed by atoms with Crippen LogP contribution in [0.3, 0.4) is 0 Å². The molecule has 1 aliphatic heterocycles. The summed E-state index contributed by atoms with van der Waals surface area (Å²) in [6.07, 6.45) is 0.641. The quantitative estimate of drug-likeness (QED) is 0.665. The summed E-state index contributed by atoms with van der Waals surface area (Å²) in [5.74, 6) is -1.39. The maximum atomic E-state index is 12.7. The topological polar surface area (TPSA) is 59.6 Å². The van der Waals surface area contributed by atoms with Gasteiger partial charge < -0.3 is 15.8 Å². The van der Waals surface area contributed by atoms with Crippen molar-refractivity contribution >= 4 is 5.96 Å². The van der Waals surface area contributed by atoms with E-state index in [0.717, 1.165) is 17.7 Å². The molecular weight excluding hydrogens is 276 g/mol.